The van der Waals surface area contributed by atoms with Crippen LogP contribution < -0.4 is 11.1 Å². The minimum atomic E-state index is -0.348. The molecule has 0 aliphatic carbocycles. The molecule has 0 radical (unpaired) electrons. The molecule has 1 rings (SSSR count). The lowest BCUT2D eigenvalue weighted by molar-refractivity contribution is -0.142. The number of nitrogens with two attached hydrogens (primary N) is 1. The molecule has 0 aromatic heterocycles. The normalized spacial score (nSPS) is 22.1. The largest absolute Gasteiger partial charge is 0.353 e. The fraction of sp³-hybridized carbons (Fsp3) is 0.800. The molecule has 5 nitrogen and oxygen atoms in total. The molecular weight excluding hydrogens is 230 g/mol. The fourth-order valence-corrected chi connectivity index (χ4v) is 1.62. The van der Waals surface area contributed by atoms with Crippen LogP contribution in [0.2, 0.25) is 0 Å². The van der Waals surface area contributed by atoms with Crippen molar-refractivity contribution >= 4 is 24.2 Å². The number of hydrogen-bond donors (Lipinski definition) is 2. The van der Waals surface area contributed by atoms with E-state index >= 15 is 0 Å². The summed E-state index contributed by atoms with van der Waals surface area (Å²) in [5.41, 5.74) is 5.58. The zero-order valence-electron chi connectivity index (χ0n) is 9.73. The van der Waals surface area contributed by atoms with Gasteiger partial charge in [0.1, 0.15) is 6.04 Å². The number of carbonyl (C=O) groups is 2. The van der Waals surface area contributed by atoms with Crippen LogP contribution in [0.15, 0.2) is 0 Å². The number of halogens is 1. The van der Waals surface area contributed by atoms with E-state index < -0.39 is 0 Å². The first kappa shape index (κ1) is 15.2. The zero-order valence-corrected chi connectivity index (χ0v) is 10.5. The average molecular weight is 250 g/mol. The van der Waals surface area contributed by atoms with Crippen molar-refractivity contribution in [1.82, 2.24) is 10.2 Å². The van der Waals surface area contributed by atoms with Gasteiger partial charge in [-0.2, -0.15) is 0 Å². The van der Waals surface area contributed by atoms with Gasteiger partial charge in [0.15, 0.2) is 0 Å². The molecule has 1 fully saturated rings. The third-order valence-corrected chi connectivity index (χ3v) is 2.63. The summed E-state index contributed by atoms with van der Waals surface area (Å²) in [6.45, 7) is 4.77. The molecular formula is C10H20ClN3O2. The lowest BCUT2D eigenvalue weighted by atomic mass is 10.1. The van der Waals surface area contributed by atoms with Gasteiger partial charge >= 0.3 is 0 Å². The van der Waals surface area contributed by atoms with E-state index in [1.165, 1.54) is 0 Å². The highest BCUT2D eigenvalue weighted by molar-refractivity contribution is 5.88. The summed E-state index contributed by atoms with van der Waals surface area (Å²) in [5, 5.41) is 2.72. The molecule has 0 spiro atoms. The number of nitrogens with one attached hydrogen (secondary N) is 1. The number of amides is 2. The Morgan fingerprint density at radius 2 is 2.31 bits per heavy atom. The zero-order chi connectivity index (χ0) is 11.4. The van der Waals surface area contributed by atoms with Crippen molar-refractivity contribution in [2.75, 3.05) is 13.1 Å². The van der Waals surface area contributed by atoms with Crippen molar-refractivity contribution < 1.29 is 9.59 Å². The number of rotatable bonds is 3. The third kappa shape index (κ3) is 3.98. The Hall–Kier alpha value is -0.810. The Kier molecular flexibility index (Phi) is 6.36. The van der Waals surface area contributed by atoms with E-state index in [1.807, 2.05) is 6.92 Å². The van der Waals surface area contributed by atoms with Crippen molar-refractivity contribution in [2.45, 2.75) is 38.8 Å². The Balaban J connectivity index is 0.00000225. The second-order valence-electron chi connectivity index (χ2n) is 4.07. The van der Waals surface area contributed by atoms with E-state index in [9.17, 15) is 9.59 Å². The van der Waals surface area contributed by atoms with Gasteiger partial charge in [0, 0.05) is 25.6 Å². The van der Waals surface area contributed by atoms with Crippen LogP contribution in [0.1, 0.15) is 26.7 Å². The SMILES string of the molecule is CC(N)CCC(=O)N1CCNC(=O)C1C.Cl. The summed E-state index contributed by atoms with van der Waals surface area (Å²) in [6, 6.07) is -0.317. The number of nitrogens with zero attached hydrogens (tertiary/aromatic N) is 1. The summed E-state index contributed by atoms with van der Waals surface area (Å²) in [6.07, 6.45) is 1.10. The molecule has 0 aromatic rings. The van der Waals surface area contributed by atoms with Crippen LogP contribution in [0.25, 0.3) is 0 Å². The maximum Gasteiger partial charge on any atom is 0.242 e. The minimum absolute atomic E-state index is 0. The highest BCUT2D eigenvalue weighted by atomic mass is 35.5. The molecule has 0 saturated carbocycles. The van der Waals surface area contributed by atoms with Gasteiger partial charge in [-0.05, 0) is 20.3 Å². The van der Waals surface area contributed by atoms with Crippen molar-refractivity contribution in [3.05, 3.63) is 0 Å². The average Bonchev–Trinajstić information content (AvgIpc) is 2.18. The molecule has 1 saturated heterocycles. The van der Waals surface area contributed by atoms with Crippen LogP contribution in [-0.2, 0) is 9.59 Å². The van der Waals surface area contributed by atoms with E-state index in [-0.39, 0.29) is 36.3 Å². The Bertz CT molecular complexity index is 258. The molecule has 1 aliphatic rings. The van der Waals surface area contributed by atoms with Gasteiger partial charge in [0.2, 0.25) is 11.8 Å². The van der Waals surface area contributed by atoms with Crippen LogP contribution in [0.3, 0.4) is 0 Å². The van der Waals surface area contributed by atoms with Gasteiger partial charge in [-0.25, -0.2) is 0 Å². The molecule has 0 bridgehead atoms. The van der Waals surface area contributed by atoms with Crippen molar-refractivity contribution in [3.8, 4) is 0 Å². The monoisotopic (exact) mass is 249 g/mol. The van der Waals surface area contributed by atoms with Crippen molar-refractivity contribution in [3.63, 3.8) is 0 Å². The minimum Gasteiger partial charge on any atom is -0.353 e. The summed E-state index contributed by atoms with van der Waals surface area (Å²) in [4.78, 5) is 24.7. The highest BCUT2D eigenvalue weighted by Gasteiger charge is 2.28. The van der Waals surface area contributed by atoms with Crippen LogP contribution in [0, 0.1) is 0 Å². The Morgan fingerprint density at radius 1 is 1.69 bits per heavy atom. The standard InChI is InChI=1S/C10H19N3O2.ClH/c1-7(11)3-4-9(14)13-6-5-12-10(15)8(13)2;/h7-8H,3-6,11H2,1-2H3,(H,12,15);1H. The topological polar surface area (TPSA) is 75.4 Å². The quantitative estimate of drug-likeness (QED) is 0.733. The van der Waals surface area contributed by atoms with Gasteiger partial charge in [-0.15, -0.1) is 12.4 Å². The number of hydrogen-bond acceptors (Lipinski definition) is 3. The van der Waals surface area contributed by atoms with Crippen LogP contribution in [-0.4, -0.2) is 41.9 Å². The van der Waals surface area contributed by atoms with Crippen LogP contribution >= 0.6 is 12.4 Å². The molecule has 94 valence electrons. The molecule has 2 unspecified atom stereocenters. The van der Waals surface area contributed by atoms with E-state index in [0.29, 0.717) is 25.9 Å². The molecule has 6 heteroatoms. The number of piperazine rings is 1. The van der Waals surface area contributed by atoms with Gasteiger partial charge < -0.3 is 16.0 Å². The third-order valence-electron chi connectivity index (χ3n) is 2.63. The first-order valence-electron chi connectivity index (χ1n) is 5.35. The smallest absolute Gasteiger partial charge is 0.242 e. The molecule has 2 atom stereocenters. The Morgan fingerprint density at radius 3 is 2.88 bits per heavy atom. The van der Waals surface area contributed by atoms with E-state index in [0.717, 1.165) is 0 Å². The maximum absolute atomic E-state index is 11.7. The van der Waals surface area contributed by atoms with Crippen LogP contribution in [0.4, 0.5) is 0 Å². The van der Waals surface area contributed by atoms with Crippen molar-refractivity contribution in [1.29, 1.82) is 0 Å². The molecule has 1 aliphatic heterocycles. The summed E-state index contributed by atoms with van der Waals surface area (Å²) < 4.78 is 0. The van der Waals surface area contributed by atoms with Gasteiger partial charge in [-0.1, -0.05) is 0 Å². The second-order valence-corrected chi connectivity index (χ2v) is 4.07. The second kappa shape index (κ2) is 6.70. The van der Waals surface area contributed by atoms with Gasteiger partial charge in [0.25, 0.3) is 0 Å². The molecule has 0 aromatic carbocycles. The van der Waals surface area contributed by atoms with Gasteiger partial charge in [-0.3, -0.25) is 9.59 Å². The van der Waals surface area contributed by atoms with E-state index in [4.69, 9.17) is 5.73 Å². The summed E-state index contributed by atoms with van der Waals surface area (Å²) in [5.74, 6) is -0.0509. The molecule has 1 heterocycles. The molecule has 16 heavy (non-hydrogen) atoms. The molecule has 3 N–H and O–H groups in total. The van der Waals surface area contributed by atoms with Crippen molar-refractivity contribution in [2.24, 2.45) is 5.73 Å². The molecule has 2 amide bonds. The first-order valence-corrected chi connectivity index (χ1v) is 5.35. The Labute approximate surface area is 102 Å². The summed E-state index contributed by atoms with van der Waals surface area (Å²) in [7, 11) is 0. The van der Waals surface area contributed by atoms with Crippen LogP contribution in [0.5, 0.6) is 0 Å². The van der Waals surface area contributed by atoms with E-state index in [1.54, 1.807) is 11.8 Å². The predicted molar refractivity (Wildman–Crippen MR) is 64.3 cm³/mol. The first-order chi connectivity index (χ1) is 7.02. The predicted octanol–water partition coefficient (Wildman–Crippen LogP) is -0.117. The lowest BCUT2D eigenvalue weighted by Crippen LogP contribution is -2.55. The fourth-order valence-electron chi connectivity index (χ4n) is 1.62. The summed E-state index contributed by atoms with van der Waals surface area (Å²) >= 11 is 0. The van der Waals surface area contributed by atoms with E-state index in [2.05, 4.69) is 5.32 Å². The van der Waals surface area contributed by atoms with Gasteiger partial charge in [0.05, 0.1) is 0 Å². The lowest BCUT2D eigenvalue weighted by Gasteiger charge is -2.33. The maximum atomic E-state index is 11.7. The number of carbonyl (C=O) groups excluding carboxylic acids is 2. The highest BCUT2D eigenvalue weighted by Crippen LogP contribution is 2.08.